The van der Waals surface area contributed by atoms with Crippen molar-refractivity contribution in [2.45, 2.75) is 31.8 Å². The number of unbranched alkanes of at least 4 members (excludes halogenated alkanes) is 1. The third-order valence-corrected chi connectivity index (χ3v) is 3.38. The third-order valence-electron chi connectivity index (χ3n) is 2.55. The number of nitrogens with zero attached hydrogens (tertiary/aromatic N) is 4. The van der Waals surface area contributed by atoms with E-state index in [1.807, 2.05) is 13.0 Å². The number of aryl methyl sites for hydroxylation is 1. The highest BCUT2D eigenvalue weighted by atomic mass is 32.2. The molecule has 0 saturated heterocycles. The number of hydrogen-bond acceptors (Lipinski definition) is 5. The van der Waals surface area contributed by atoms with Crippen LogP contribution in [-0.4, -0.2) is 40.1 Å². The molecule has 0 N–H and O–H groups in total. The van der Waals surface area contributed by atoms with Crippen LogP contribution in [0, 0.1) is 18.3 Å². The molecule has 1 aromatic heterocycles. The Bertz CT molecular complexity index is 484. The molecule has 102 valence electrons. The minimum absolute atomic E-state index is 0.0575. The largest absolute Gasteiger partial charge is 0.345 e. The molecule has 5 nitrogen and oxygen atoms in total. The maximum Gasteiger partial charge on any atom is 0.232 e. The molecule has 0 saturated carbocycles. The Morgan fingerprint density at radius 2 is 2.26 bits per heavy atom. The number of carbonyl (C=O) groups is 1. The number of carbonyl (C=O) groups excluding carboxylic acids is 1. The molecule has 0 radical (unpaired) electrons. The number of rotatable bonds is 6. The molecular formula is C13H18N4OS. The molecule has 0 aliphatic carbocycles. The van der Waals surface area contributed by atoms with Gasteiger partial charge in [-0.15, -0.1) is 0 Å². The van der Waals surface area contributed by atoms with E-state index in [1.54, 1.807) is 18.0 Å². The lowest BCUT2D eigenvalue weighted by Gasteiger charge is -2.16. The van der Waals surface area contributed by atoms with Crippen LogP contribution in [-0.2, 0) is 4.79 Å². The van der Waals surface area contributed by atoms with E-state index in [-0.39, 0.29) is 5.91 Å². The maximum atomic E-state index is 11.8. The van der Waals surface area contributed by atoms with Gasteiger partial charge in [0.2, 0.25) is 5.91 Å². The zero-order chi connectivity index (χ0) is 14.3. The number of hydrogen-bond donors (Lipinski definition) is 0. The summed E-state index contributed by atoms with van der Waals surface area (Å²) in [6.07, 6.45) is 2.07. The highest BCUT2D eigenvalue weighted by Gasteiger charge is 2.10. The lowest BCUT2D eigenvalue weighted by molar-refractivity contribution is -0.127. The van der Waals surface area contributed by atoms with Gasteiger partial charge in [0.15, 0.2) is 5.16 Å². The van der Waals surface area contributed by atoms with E-state index >= 15 is 0 Å². The van der Waals surface area contributed by atoms with Gasteiger partial charge >= 0.3 is 0 Å². The van der Waals surface area contributed by atoms with Gasteiger partial charge in [0, 0.05) is 19.3 Å². The molecule has 1 rings (SSSR count). The van der Waals surface area contributed by atoms with Gasteiger partial charge in [0.1, 0.15) is 11.8 Å². The van der Waals surface area contributed by atoms with Crippen LogP contribution in [0.4, 0.5) is 0 Å². The van der Waals surface area contributed by atoms with Crippen LogP contribution < -0.4 is 0 Å². The van der Waals surface area contributed by atoms with E-state index < -0.39 is 0 Å². The highest BCUT2D eigenvalue weighted by molar-refractivity contribution is 7.99. The summed E-state index contributed by atoms with van der Waals surface area (Å²) in [7, 11) is 1.80. The fraction of sp³-hybridized carbons (Fsp3) is 0.538. The van der Waals surface area contributed by atoms with Crippen LogP contribution in [0.15, 0.2) is 11.2 Å². The summed E-state index contributed by atoms with van der Waals surface area (Å²) >= 11 is 1.27. The lowest BCUT2D eigenvalue weighted by atomic mass is 10.3. The average Bonchev–Trinajstić information content (AvgIpc) is 2.41. The third kappa shape index (κ3) is 5.26. The summed E-state index contributed by atoms with van der Waals surface area (Å²) in [5, 5.41) is 9.30. The molecule has 1 aromatic rings. The van der Waals surface area contributed by atoms with E-state index in [0.717, 1.165) is 25.1 Å². The van der Waals surface area contributed by atoms with E-state index in [0.29, 0.717) is 16.6 Å². The van der Waals surface area contributed by atoms with E-state index in [2.05, 4.69) is 16.9 Å². The van der Waals surface area contributed by atoms with Crippen molar-refractivity contribution in [3.05, 3.63) is 17.5 Å². The van der Waals surface area contributed by atoms with Crippen molar-refractivity contribution in [2.75, 3.05) is 19.3 Å². The Hall–Kier alpha value is -1.61. The molecule has 0 aromatic carbocycles. The predicted molar refractivity (Wildman–Crippen MR) is 74.8 cm³/mol. The molecule has 6 heteroatoms. The first kappa shape index (κ1) is 15.4. The zero-order valence-electron chi connectivity index (χ0n) is 11.5. The molecule has 0 fully saturated rings. The molecule has 1 amide bonds. The minimum Gasteiger partial charge on any atom is -0.345 e. The van der Waals surface area contributed by atoms with Gasteiger partial charge in [-0.3, -0.25) is 4.79 Å². The highest BCUT2D eigenvalue weighted by Crippen LogP contribution is 2.14. The van der Waals surface area contributed by atoms with Gasteiger partial charge in [-0.05, 0) is 19.4 Å². The van der Waals surface area contributed by atoms with Crippen molar-refractivity contribution in [1.82, 2.24) is 14.9 Å². The summed E-state index contributed by atoms with van der Waals surface area (Å²) < 4.78 is 0. The van der Waals surface area contributed by atoms with Crippen molar-refractivity contribution in [2.24, 2.45) is 0 Å². The smallest absolute Gasteiger partial charge is 0.232 e. The number of aromatic nitrogens is 2. The fourth-order valence-electron chi connectivity index (χ4n) is 1.42. The first-order valence-electron chi connectivity index (χ1n) is 6.19. The molecule has 0 unspecified atom stereocenters. The topological polar surface area (TPSA) is 69.9 Å². The summed E-state index contributed by atoms with van der Waals surface area (Å²) in [6, 6.07) is 3.61. The van der Waals surface area contributed by atoms with Crippen molar-refractivity contribution >= 4 is 17.7 Å². The van der Waals surface area contributed by atoms with Crippen molar-refractivity contribution in [3.8, 4) is 6.07 Å². The second-order valence-corrected chi connectivity index (χ2v) is 5.19. The van der Waals surface area contributed by atoms with Crippen molar-refractivity contribution in [1.29, 1.82) is 5.26 Å². The maximum absolute atomic E-state index is 11.8. The van der Waals surface area contributed by atoms with Gasteiger partial charge < -0.3 is 4.90 Å². The summed E-state index contributed by atoms with van der Waals surface area (Å²) in [4.78, 5) is 21.8. The van der Waals surface area contributed by atoms with Crippen molar-refractivity contribution in [3.63, 3.8) is 0 Å². The van der Waals surface area contributed by atoms with Crippen LogP contribution in [0.25, 0.3) is 0 Å². The fourth-order valence-corrected chi connectivity index (χ4v) is 2.26. The molecule has 0 aliphatic rings. The van der Waals surface area contributed by atoms with Crippen LogP contribution in [0.3, 0.4) is 0 Å². The van der Waals surface area contributed by atoms with Crippen LogP contribution in [0.2, 0.25) is 0 Å². The van der Waals surface area contributed by atoms with Crippen LogP contribution in [0.5, 0.6) is 0 Å². The van der Waals surface area contributed by atoms with Crippen molar-refractivity contribution < 1.29 is 4.79 Å². The number of thioether (sulfide) groups is 1. The van der Waals surface area contributed by atoms with Crippen LogP contribution in [0.1, 0.15) is 31.2 Å². The minimum atomic E-state index is 0.0575. The molecule has 0 aliphatic heterocycles. The van der Waals surface area contributed by atoms with Gasteiger partial charge in [-0.25, -0.2) is 9.97 Å². The Morgan fingerprint density at radius 3 is 2.89 bits per heavy atom. The van der Waals surface area contributed by atoms with Gasteiger partial charge in [0.25, 0.3) is 0 Å². The first-order chi connectivity index (χ1) is 9.06. The summed E-state index contributed by atoms with van der Waals surface area (Å²) in [6.45, 7) is 4.67. The molecular weight excluding hydrogens is 260 g/mol. The van der Waals surface area contributed by atoms with Gasteiger partial charge in [-0.1, -0.05) is 25.1 Å². The first-order valence-corrected chi connectivity index (χ1v) is 7.18. The zero-order valence-corrected chi connectivity index (χ0v) is 12.3. The van der Waals surface area contributed by atoms with E-state index in [4.69, 9.17) is 5.26 Å². The molecule has 1 heterocycles. The lowest BCUT2D eigenvalue weighted by Crippen LogP contribution is -2.29. The second-order valence-electron chi connectivity index (χ2n) is 4.25. The monoisotopic (exact) mass is 278 g/mol. The molecule has 0 spiro atoms. The van der Waals surface area contributed by atoms with Crippen LogP contribution >= 0.6 is 11.8 Å². The quantitative estimate of drug-likeness (QED) is 0.588. The Kier molecular flexibility index (Phi) is 6.30. The standard InChI is InChI=1S/C13H18N4OS/c1-4-5-6-17(3)12(18)9-19-13-15-10(2)7-11(8-14)16-13/h7H,4-6,9H2,1-3H3. The normalized spacial score (nSPS) is 10.0. The summed E-state index contributed by atoms with van der Waals surface area (Å²) in [5.74, 6) is 0.358. The van der Waals surface area contributed by atoms with E-state index in [1.165, 1.54) is 11.8 Å². The Morgan fingerprint density at radius 1 is 1.53 bits per heavy atom. The average molecular weight is 278 g/mol. The van der Waals surface area contributed by atoms with Gasteiger partial charge in [0.05, 0.1) is 5.75 Å². The Balaban J connectivity index is 2.55. The molecule has 19 heavy (non-hydrogen) atoms. The van der Waals surface area contributed by atoms with Gasteiger partial charge in [-0.2, -0.15) is 5.26 Å². The number of nitriles is 1. The SMILES string of the molecule is CCCCN(C)C(=O)CSc1nc(C)cc(C#N)n1. The molecule has 0 bridgehead atoms. The molecule has 0 atom stereocenters. The van der Waals surface area contributed by atoms with E-state index in [9.17, 15) is 4.79 Å². The Labute approximate surface area is 118 Å². The predicted octanol–water partition coefficient (Wildman–Crippen LogP) is 2.01. The summed E-state index contributed by atoms with van der Waals surface area (Å²) in [5.41, 5.74) is 1.07. The second kappa shape index (κ2) is 7.74. The number of amides is 1.